The Labute approximate surface area is 122 Å². The van der Waals surface area contributed by atoms with Crippen LogP contribution in [0.15, 0.2) is 24.3 Å². The zero-order valence-electron chi connectivity index (χ0n) is 12.5. The Morgan fingerprint density at radius 3 is 2.80 bits per heavy atom. The van der Waals surface area contributed by atoms with Gasteiger partial charge in [-0.3, -0.25) is 4.79 Å². The van der Waals surface area contributed by atoms with Crippen LogP contribution in [-0.4, -0.2) is 25.5 Å². The number of piperidine rings is 1. The second-order valence-electron chi connectivity index (χ2n) is 5.70. The van der Waals surface area contributed by atoms with Crippen molar-refractivity contribution in [3.05, 3.63) is 35.4 Å². The second kappa shape index (κ2) is 8.05. The van der Waals surface area contributed by atoms with E-state index in [1.807, 2.05) is 12.1 Å². The fourth-order valence-corrected chi connectivity index (χ4v) is 2.77. The van der Waals surface area contributed by atoms with E-state index in [0.717, 1.165) is 50.4 Å². The van der Waals surface area contributed by atoms with Crippen LogP contribution >= 0.6 is 0 Å². The maximum absolute atomic E-state index is 12.0. The molecule has 110 valence electrons. The molecule has 0 bridgehead atoms. The molecule has 2 N–H and O–H groups in total. The van der Waals surface area contributed by atoms with Gasteiger partial charge in [0.25, 0.3) is 5.91 Å². The van der Waals surface area contributed by atoms with Crippen LogP contribution in [0.25, 0.3) is 0 Å². The maximum atomic E-state index is 12.0. The molecule has 0 aliphatic carbocycles. The average Bonchev–Trinajstić information content (AvgIpc) is 2.49. The first kappa shape index (κ1) is 15.0. The van der Waals surface area contributed by atoms with Crippen molar-refractivity contribution in [2.75, 3.05) is 19.6 Å². The van der Waals surface area contributed by atoms with Gasteiger partial charge in [-0.25, -0.2) is 0 Å². The molecule has 1 aliphatic rings. The number of carbonyl (C=O) groups excluding carboxylic acids is 1. The largest absolute Gasteiger partial charge is 0.352 e. The number of carbonyl (C=O) groups is 1. The molecule has 1 saturated heterocycles. The second-order valence-corrected chi connectivity index (χ2v) is 5.70. The van der Waals surface area contributed by atoms with E-state index in [-0.39, 0.29) is 5.91 Å². The normalized spacial score (nSPS) is 18.8. The Kier molecular flexibility index (Phi) is 6.06. The lowest BCUT2D eigenvalue weighted by Gasteiger charge is -2.22. The smallest absolute Gasteiger partial charge is 0.251 e. The van der Waals surface area contributed by atoms with Crippen molar-refractivity contribution >= 4 is 5.91 Å². The summed E-state index contributed by atoms with van der Waals surface area (Å²) in [6, 6.07) is 7.98. The summed E-state index contributed by atoms with van der Waals surface area (Å²) < 4.78 is 0. The number of amides is 1. The first-order valence-electron chi connectivity index (χ1n) is 7.87. The number of rotatable bonds is 6. The highest BCUT2D eigenvalue weighted by Gasteiger charge is 2.13. The van der Waals surface area contributed by atoms with Crippen LogP contribution in [0.1, 0.15) is 48.5 Å². The fourth-order valence-electron chi connectivity index (χ4n) is 2.77. The van der Waals surface area contributed by atoms with Crippen molar-refractivity contribution < 1.29 is 4.79 Å². The Morgan fingerprint density at radius 2 is 2.15 bits per heavy atom. The van der Waals surface area contributed by atoms with Gasteiger partial charge in [-0.1, -0.05) is 25.5 Å². The van der Waals surface area contributed by atoms with E-state index in [1.54, 1.807) is 0 Å². The summed E-state index contributed by atoms with van der Waals surface area (Å²) in [6.45, 7) is 5.19. The minimum absolute atomic E-state index is 0.0526. The third-order valence-corrected chi connectivity index (χ3v) is 3.99. The van der Waals surface area contributed by atoms with Gasteiger partial charge in [-0.15, -0.1) is 0 Å². The topological polar surface area (TPSA) is 41.1 Å². The Hall–Kier alpha value is -1.35. The summed E-state index contributed by atoms with van der Waals surface area (Å²) in [6.07, 6.45) is 5.84. The minimum Gasteiger partial charge on any atom is -0.352 e. The lowest BCUT2D eigenvalue weighted by atomic mass is 9.96. The molecule has 3 heteroatoms. The molecule has 20 heavy (non-hydrogen) atoms. The number of benzene rings is 1. The zero-order chi connectivity index (χ0) is 14.2. The molecule has 1 fully saturated rings. The highest BCUT2D eigenvalue weighted by Crippen LogP contribution is 2.13. The Morgan fingerprint density at radius 1 is 1.35 bits per heavy atom. The quantitative estimate of drug-likeness (QED) is 0.837. The van der Waals surface area contributed by atoms with Crippen LogP contribution in [0.2, 0.25) is 0 Å². The number of nitrogens with one attached hydrogen (secondary N) is 2. The van der Waals surface area contributed by atoms with Crippen molar-refractivity contribution in [3.8, 4) is 0 Å². The van der Waals surface area contributed by atoms with Crippen molar-refractivity contribution in [3.63, 3.8) is 0 Å². The first-order valence-corrected chi connectivity index (χ1v) is 7.87. The van der Waals surface area contributed by atoms with Gasteiger partial charge in [0.2, 0.25) is 0 Å². The maximum Gasteiger partial charge on any atom is 0.251 e. The van der Waals surface area contributed by atoms with Gasteiger partial charge >= 0.3 is 0 Å². The van der Waals surface area contributed by atoms with Gasteiger partial charge in [0.1, 0.15) is 0 Å². The Balaban J connectivity index is 1.73. The lowest BCUT2D eigenvalue weighted by molar-refractivity contribution is 0.0950. The zero-order valence-corrected chi connectivity index (χ0v) is 12.5. The van der Waals surface area contributed by atoms with E-state index in [2.05, 4.69) is 29.7 Å². The molecular formula is C17H26N2O. The van der Waals surface area contributed by atoms with E-state index < -0.39 is 0 Å². The van der Waals surface area contributed by atoms with Crippen LogP contribution in [-0.2, 0) is 6.42 Å². The number of hydrogen-bond acceptors (Lipinski definition) is 2. The molecule has 3 nitrogen and oxygen atoms in total. The van der Waals surface area contributed by atoms with Gasteiger partial charge < -0.3 is 10.6 Å². The Bertz CT molecular complexity index is 408. The molecule has 1 aliphatic heterocycles. The molecule has 1 aromatic carbocycles. The van der Waals surface area contributed by atoms with Gasteiger partial charge in [0.15, 0.2) is 0 Å². The van der Waals surface area contributed by atoms with E-state index in [4.69, 9.17) is 0 Å². The molecule has 1 atom stereocenters. The predicted octanol–water partition coefficient (Wildman–Crippen LogP) is 2.76. The summed E-state index contributed by atoms with van der Waals surface area (Å²) >= 11 is 0. The molecule has 2 rings (SSSR count). The standard InChI is InChI=1S/C17H26N2O/c1-2-4-14-6-8-16(9-7-14)17(20)19-12-10-15-5-3-11-18-13-15/h6-9,15,18H,2-5,10-13H2,1H3,(H,19,20). The predicted molar refractivity (Wildman–Crippen MR) is 83.0 cm³/mol. The molecule has 1 amide bonds. The highest BCUT2D eigenvalue weighted by molar-refractivity contribution is 5.94. The van der Waals surface area contributed by atoms with E-state index in [1.165, 1.54) is 18.4 Å². The van der Waals surface area contributed by atoms with Crippen LogP contribution in [0.3, 0.4) is 0 Å². The van der Waals surface area contributed by atoms with Crippen molar-refractivity contribution in [2.24, 2.45) is 5.92 Å². The van der Waals surface area contributed by atoms with Gasteiger partial charge in [0, 0.05) is 12.1 Å². The summed E-state index contributed by atoms with van der Waals surface area (Å²) in [4.78, 5) is 12.0. The molecule has 1 unspecified atom stereocenters. The summed E-state index contributed by atoms with van der Waals surface area (Å²) in [5, 5.41) is 6.44. The van der Waals surface area contributed by atoms with E-state index in [9.17, 15) is 4.79 Å². The van der Waals surface area contributed by atoms with Gasteiger partial charge in [-0.05, 0) is 62.4 Å². The van der Waals surface area contributed by atoms with Crippen molar-refractivity contribution in [2.45, 2.75) is 39.0 Å². The van der Waals surface area contributed by atoms with Crippen LogP contribution in [0.4, 0.5) is 0 Å². The minimum atomic E-state index is 0.0526. The number of aryl methyl sites for hydroxylation is 1. The summed E-state index contributed by atoms with van der Waals surface area (Å²) in [5.74, 6) is 0.771. The molecule has 0 radical (unpaired) electrons. The molecule has 0 spiro atoms. The average molecular weight is 274 g/mol. The van der Waals surface area contributed by atoms with E-state index in [0.29, 0.717) is 0 Å². The first-order chi connectivity index (χ1) is 9.79. The lowest BCUT2D eigenvalue weighted by Crippen LogP contribution is -2.33. The third-order valence-electron chi connectivity index (χ3n) is 3.99. The van der Waals surface area contributed by atoms with Crippen molar-refractivity contribution in [1.82, 2.24) is 10.6 Å². The van der Waals surface area contributed by atoms with Crippen LogP contribution in [0.5, 0.6) is 0 Å². The molecule has 0 aromatic heterocycles. The van der Waals surface area contributed by atoms with Crippen molar-refractivity contribution in [1.29, 1.82) is 0 Å². The summed E-state index contributed by atoms with van der Waals surface area (Å²) in [5.41, 5.74) is 2.07. The molecule has 0 saturated carbocycles. The van der Waals surface area contributed by atoms with E-state index >= 15 is 0 Å². The monoisotopic (exact) mass is 274 g/mol. The number of hydrogen-bond donors (Lipinski definition) is 2. The molecular weight excluding hydrogens is 248 g/mol. The molecule has 1 aromatic rings. The van der Waals surface area contributed by atoms with Gasteiger partial charge in [-0.2, -0.15) is 0 Å². The van der Waals surface area contributed by atoms with Crippen LogP contribution < -0.4 is 10.6 Å². The molecule has 1 heterocycles. The van der Waals surface area contributed by atoms with Crippen LogP contribution in [0, 0.1) is 5.92 Å². The SMILES string of the molecule is CCCc1ccc(C(=O)NCCC2CCCNC2)cc1. The fraction of sp³-hybridized carbons (Fsp3) is 0.588. The van der Waals surface area contributed by atoms with Gasteiger partial charge in [0.05, 0.1) is 0 Å². The summed E-state index contributed by atoms with van der Waals surface area (Å²) in [7, 11) is 0. The highest BCUT2D eigenvalue weighted by atomic mass is 16.1. The third kappa shape index (κ3) is 4.64.